The van der Waals surface area contributed by atoms with Crippen molar-refractivity contribution < 1.29 is 4.79 Å². The Bertz CT molecular complexity index is 678. The number of nitrogens with one attached hydrogen (secondary N) is 2. The van der Waals surface area contributed by atoms with Gasteiger partial charge in [-0.2, -0.15) is 5.10 Å². The number of carbonyl (C=O) groups is 1. The molecule has 0 heterocycles. The van der Waals surface area contributed by atoms with Gasteiger partial charge in [-0.1, -0.05) is 46.3 Å². The van der Waals surface area contributed by atoms with E-state index in [-0.39, 0.29) is 12.5 Å². The summed E-state index contributed by atoms with van der Waals surface area (Å²) in [5, 5.41) is 7.10. The highest BCUT2D eigenvalue weighted by atomic mass is 79.9. The number of hydrogen-bond donors (Lipinski definition) is 2. The van der Waals surface area contributed by atoms with Crippen molar-refractivity contribution in [3.63, 3.8) is 0 Å². The van der Waals surface area contributed by atoms with Gasteiger partial charge in [0.1, 0.15) is 0 Å². The molecule has 0 fully saturated rings. The summed E-state index contributed by atoms with van der Waals surface area (Å²) in [6.45, 7) is 4.21. The van der Waals surface area contributed by atoms with Crippen molar-refractivity contribution in [2.45, 2.75) is 13.8 Å². The van der Waals surface area contributed by atoms with Crippen LogP contribution in [-0.2, 0) is 4.79 Å². The van der Waals surface area contributed by atoms with Gasteiger partial charge in [0.05, 0.1) is 12.8 Å². The van der Waals surface area contributed by atoms with E-state index in [9.17, 15) is 4.79 Å². The van der Waals surface area contributed by atoms with Crippen LogP contribution in [0.1, 0.15) is 16.7 Å². The van der Waals surface area contributed by atoms with E-state index >= 15 is 0 Å². The zero-order chi connectivity index (χ0) is 15.9. The second kappa shape index (κ2) is 7.75. The van der Waals surface area contributed by atoms with Gasteiger partial charge in [-0.15, -0.1) is 0 Å². The number of anilines is 1. The van der Waals surface area contributed by atoms with Gasteiger partial charge < -0.3 is 5.32 Å². The van der Waals surface area contributed by atoms with Crippen molar-refractivity contribution >= 4 is 33.7 Å². The SMILES string of the molecule is Cc1cccc(C)c1NCC(=O)NN=Cc1cccc(Br)c1. The lowest BCUT2D eigenvalue weighted by Gasteiger charge is -2.11. The van der Waals surface area contributed by atoms with E-state index in [1.807, 2.05) is 56.3 Å². The van der Waals surface area contributed by atoms with E-state index < -0.39 is 0 Å². The van der Waals surface area contributed by atoms with Crippen LogP contribution in [-0.4, -0.2) is 18.7 Å². The lowest BCUT2D eigenvalue weighted by Crippen LogP contribution is -2.26. The number of para-hydroxylation sites is 1. The van der Waals surface area contributed by atoms with Gasteiger partial charge >= 0.3 is 0 Å². The summed E-state index contributed by atoms with van der Waals surface area (Å²) in [6, 6.07) is 13.7. The first-order chi connectivity index (χ1) is 10.6. The molecule has 0 unspecified atom stereocenters. The van der Waals surface area contributed by atoms with Crippen molar-refractivity contribution in [2.24, 2.45) is 5.10 Å². The smallest absolute Gasteiger partial charge is 0.259 e. The predicted molar refractivity (Wildman–Crippen MR) is 94.3 cm³/mol. The maximum Gasteiger partial charge on any atom is 0.259 e. The molecule has 0 saturated heterocycles. The summed E-state index contributed by atoms with van der Waals surface area (Å²) in [5.41, 5.74) is 6.65. The van der Waals surface area contributed by atoms with E-state index in [4.69, 9.17) is 0 Å². The van der Waals surface area contributed by atoms with E-state index in [2.05, 4.69) is 31.8 Å². The second-order valence-electron chi connectivity index (χ2n) is 4.97. The van der Waals surface area contributed by atoms with E-state index in [1.54, 1.807) is 6.21 Å². The first-order valence-corrected chi connectivity index (χ1v) is 7.73. The van der Waals surface area contributed by atoms with Crippen LogP contribution in [0.4, 0.5) is 5.69 Å². The number of aryl methyl sites for hydroxylation is 2. The highest BCUT2D eigenvalue weighted by Gasteiger charge is 2.04. The van der Waals surface area contributed by atoms with Crippen LogP contribution >= 0.6 is 15.9 Å². The molecule has 22 heavy (non-hydrogen) atoms. The summed E-state index contributed by atoms with van der Waals surface area (Å²) in [5.74, 6) is -0.186. The molecule has 1 amide bonds. The molecular weight excluding hydrogens is 342 g/mol. The van der Waals surface area contributed by atoms with Crippen molar-refractivity contribution in [2.75, 3.05) is 11.9 Å². The molecular formula is C17H18BrN3O. The van der Waals surface area contributed by atoms with Gasteiger partial charge in [0.2, 0.25) is 0 Å². The number of carbonyl (C=O) groups excluding carboxylic acids is 1. The number of hydrazone groups is 1. The Labute approximate surface area is 138 Å². The second-order valence-corrected chi connectivity index (χ2v) is 5.88. The monoisotopic (exact) mass is 359 g/mol. The fourth-order valence-electron chi connectivity index (χ4n) is 2.07. The summed E-state index contributed by atoms with van der Waals surface area (Å²) in [6.07, 6.45) is 1.61. The lowest BCUT2D eigenvalue weighted by atomic mass is 10.1. The average molecular weight is 360 g/mol. The number of nitrogens with zero attached hydrogens (tertiary/aromatic N) is 1. The molecule has 2 rings (SSSR count). The molecule has 0 aromatic heterocycles. The van der Waals surface area contributed by atoms with Crippen LogP contribution < -0.4 is 10.7 Å². The third-order valence-electron chi connectivity index (χ3n) is 3.16. The standard InChI is InChI=1S/C17H18BrN3O/c1-12-5-3-6-13(2)17(12)19-11-16(22)21-20-10-14-7-4-8-15(18)9-14/h3-10,19H,11H2,1-2H3,(H,21,22). The molecule has 2 aromatic carbocycles. The Morgan fingerprint density at radius 2 is 1.86 bits per heavy atom. The average Bonchev–Trinajstić information content (AvgIpc) is 2.47. The Balaban J connectivity index is 1.86. The van der Waals surface area contributed by atoms with Crippen molar-refractivity contribution in [1.82, 2.24) is 5.43 Å². The molecule has 5 heteroatoms. The Morgan fingerprint density at radius 1 is 1.18 bits per heavy atom. The first kappa shape index (κ1) is 16.2. The molecule has 0 saturated carbocycles. The van der Waals surface area contributed by atoms with Gasteiger partial charge in [0, 0.05) is 10.2 Å². The molecule has 0 atom stereocenters. The largest absolute Gasteiger partial charge is 0.376 e. The number of rotatable bonds is 5. The topological polar surface area (TPSA) is 53.5 Å². The van der Waals surface area contributed by atoms with Crippen LogP contribution in [0.2, 0.25) is 0 Å². The summed E-state index contributed by atoms with van der Waals surface area (Å²) >= 11 is 3.39. The van der Waals surface area contributed by atoms with Gasteiger partial charge in [-0.05, 0) is 42.7 Å². The van der Waals surface area contributed by atoms with E-state index in [0.717, 1.165) is 26.9 Å². The molecule has 4 nitrogen and oxygen atoms in total. The molecule has 0 bridgehead atoms. The highest BCUT2D eigenvalue weighted by molar-refractivity contribution is 9.10. The number of amides is 1. The van der Waals surface area contributed by atoms with Crippen molar-refractivity contribution in [3.8, 4) is 0 Å². The summed E-state index contributed by atoms with van der Waals surface area (Å²) < 4.78 is 0.972. The summed E-state index contributed by atoms with van der Waals surface area (Å²) in [4.78, 5) is 11.8. The minimum atomic E-state index is -0.186. The number of halogens is 1. The zero-order valence-corrected chi connectivity index (χ0v) is 14.1. The fourth-order valence-corrected chi connectivity index (χ4v) is 2.48. The zero-order valence-electron chi connectivity index (χ0n) is 12.6. The molecule has 114 valence electrons. The minimum Gasteiger partial charge on any atom is -0.376 e. The highest BCUT2D eigenvalue weighted by Crippen LogP contribution is 2.18. The number of benzene rings is 2. The Kier molecular flexibility index (Phi) is 5.72. The van der Waals surface area contributed by atoms with Crippen molar-refractivity contribution in [3.05, 3.63) is 63.6 Å². The number of hydrogen-bond acceptors (Lipinski definition) is 3. The molecule has 0 aliphatic rings. The quantitative estimate of drug-likeness (QED) is 0.632. The van der Waals surface area contributed by atoms with E-state index in [1.165, 1.54) is 0 Å². The maximum atomic E-state index is 11.8. The first-order valence-electron chi connectivity index (χ1n) is 6.94. The van der Waals surface area contributed by atoms with Gasteiger partial charge in [-0.25, -0.2) is 5.43 Å². The molecule has 0 radical (unpaired) electrons. The molecule has 2 N–H and O–H groups in total. The van der Waals surface area contributed by atoms with Crippen molar-refractivity contribution in [1.29, 1.82) is 0 Å². The fraction of sp³-hybridized carbons (Fsp3) is 0.176. The van der Waals surface area contributed by atoms with Crippen LogP contribution in [0.25, 0.3) is 0 Å². The van der Waals surface area contributed by atoms with Crippen LogP contribution in [0.3, 0.4) is 0 Å². The van der Waals surface area contributed by atoms with Crippen LogP contribution in [0.5, 0.6) is 0 Å². The van der Waals surface area contributed by atoms with Gasteiger partial charge in [0.15, 0.2) is 0 Å². The minimum absolute atomic E-state index is 0.182. The lowest BCUT2D eigenvalue weighted by molar-refractivity contribution is -0.119. The molecule has 0 spiro atoms. The predicted octanol–water partition coefficient (Wildman–Crippen LogP) is 3.63. The van der Waals surface area contributed by atoms with Crippen LogP contribution in [0.15, 0.2) is 52.0 Å². The molecule has 0 aliphatic heterocycles. The Morgan fingerprint density at radius 3 is 2.55 bits per heavy atom. The molecule has 2 aromatic rings. The Hall–Kier alpha value is -2.14. The van der Waals surface area contributed by atoms with Gasteiger partial charge in [0.25, 0.3) is 5.91 Å². The summed E-state index contributed by atoms with van der Waals surface area (Å²) in [7, 11) is 0. The third-order valence-corrected chi connectivity index (χ3v) is 3.65. The van der Waals surface area contributed by atoms with Crippen LogP contribution in [0, 0.1) is 13.8 Å². The maximum absolute atomic E-state index is 11.8. The van der Waals surface area contributed by atoms with E-state index in [0.29, 0.717) is 0 Å². The van der Waals surface area contributed by atoms with Gasteiger partial charge in [-0.3, -0.25) is 4.79 Å². The normalized spacial score (nSPS) is 10.7. The third kappa shape index (κ3) is 4.70. The molecule has 0 aliphatic carbocycles.